The molecule has 0 atom stereocenters. The van der Waals surface area contributed by atoms with Gasteiger partial charge in [-0.25, -0.2) is 4.98 Å². The van der Waals surface area contributed by atoms with Crippen LogP contribution in [-0.2, 0) is 0 Å². The number of nitrogens with zero attached hydrogens (tertiary/aromatic N) is 5. The predicted molar refractivity (Wildman–Crippen MR) is 232 cm³/mol. The zero-order valence-electron chi connectivity index (χ0n) is 30.3. The van der Waals surface area contributed by atoms with Crippen molar-refractivity contribution < 1.29 is 0 Å². The molecule has 0 aliphatic rings. The van der Waals surface area contributed by atoms with Crippen molar-refractivity contribution in [2.24, 2.45) is 0 Å². The van der Waals surface area contributed by atoms with Crippen LogP contribution in [0.3, 0.4) is 0 Å². The largest absolute Gasteiger partial charge is 0.317 e. The molecule has 0 radical (unpaired) electrons. The van der Waals surface area contributed by atoms with Crippen molar-refractivity contribution in [2.75, 3.05) is 0 Å². The number of aromatic nitrogens is 5. The number of pyridine rings is 1. The van der Waals surface area contributed by atoms with Gasteiger partial charge in [0.15, 0.2) is 0 Å². The van der Waals surface area contributed by atoms with E-state index in [9.17, 15) is 0 Å². The van der Waals surface area contributed by atoms with Crippen molar-refractivity contribution in [3.05, 3.63) is 200 Å². The minimum atomic E-state index is 0.872. The molecule has 56 heavy (non-hydrogen) atoms. The topological polar surface area (TPSA) is 32.6 Å². The van der Waals surface area contributed by atoms with E-state index in [2.05, 4.69) is 219 Å². The quantitative estimate of drug-likeness (QED) is 0.175. The van der Waals surface area contributed by atoms with E-state index in [1.807, 2.05) is 0 Å². The van der Waals surface area contributed by atoms with Gasteiger partial charge in [-0.05, 0) is 78.9 Å². The molecule has 0 spiro atoms. The van der Waals surface area contributed by atoms with Crippen LogP contribution in [0, 0.1) is 0 Å². The van der Waals surface area contributed by atoms with Gasteiger partial charge in [-0.3, -0.25) is 4.57 Å². The lowest BCUT2D eigenvalue weighted by atomic mass is 10.1. The fourth-order valence-electron chi connectivity index (χ4n) is 8.85. The highest BCUT2D eigenvalue weighted by Gasteiger charge is 2.20. The highest BCUT2D eigenvalue weighted by molar-refractivity contribution is 6.15. The first-order valence-electron chi connectivity index (χ1n) is 19.0. The molecule has 5 aromatic heterocycles. The third-order valence-corrected chi connectivity index (χ3v) is 11.4. The van der Waals surface area contributed by atoms with Crippen LogP contribution in [0.2, 0.25) is 0 Å². The summed E-state index contributed by atoms with van der Waals surface area (Å²) >= 11 is 0. The van der Waals surface area contributed by atoms with Gasteiger partial charge in [-0.2, -0.15) is 0 Å². The first kappa shape index (κ1) is 30.8. The molecule has 0 N–H and O–H groups in total. The second-order valence-corrected chi connectivity index (χ2v) is 14.5. The highest BCUT2D eigenvalue weighted by Crippen LogP contribution is 2.39. The number of hydrogen-bond acceptors (Lipinski definition) is 1. The summed E-state index contributed by atoms with van der Waals surface area (Å²) in [4.78, 5) is 5.48. The number of benzene rings is 7. The molecule has 0 aliphatic carbocycles. The Morgan fingerprint density at radius 3 is 1.38 bits per heavy atom. The molecule has 0 saturated heterocycles. The first-order valence-corrected chi connectivity index (χ1v) is 19.0. The Morgan fingerprint density at radius 1 is 0.321 bits per heavy atom. The Morgan fingerprint density at radius 2 is 0.804 bits per heavy atom. The smallest absolute Gasteiger partial charge is 0.140 e. The van der Waals surface area contributed by atoms with Gasteiger partial charge in [-0.1, -0.05) is 103 Å². The van der Waals surface area contributed by atoms with E-state index >= 15 is 0 Å². The summed E-state index contributed by atoms with van der Waals surface area (Å²) in [6, 6.07) is 67.5. The van der Waals surface area contributed by atoms with Crippen molar-refractivity contribution in [1.29, 1.82) is 0 Å². The standard InChI is InChI=1S/C51H33N5/c1-4-14-34(15-5-1)44-30-39(55-45-22-12-10-20-40(45)42-32-47-35(28-49(42)55)24-26-53(47)37-16-6-2-7-17-37)31-51(52-44)56-46-23-13-11-21-41(46)43-33-48-36(29-50(43)56)25-27-54(48)38-18-8-3-9-19-38/h1-33H. The maximum Gasteiger partial charge on any atom is 0.140 e. The van der Waals surface area contributed by atoms with Gasteiger partial charge in [-0.15, -0.1) is 0 Å². The average Bonchev–Trinajstić information content (AvgIpc) is 4.03. The summed E-state index contributed by atoms with van der Waals surface area (Å²) in [6.45, 7) is 0. The molecule has 12 rings (SSSR count). The van der Waals surface area contributed by atoms with Gasteiger partial charge in [0, 0.05) is 67.7 Å². The van der Waals surface area contributed by atoms with Gasteiger partial charge in [0.2, 0.25) is 0 Å². The van der Waals surface area contributed by atoms with Crippen molar-refractivity contribution in [3.8, 4) is 34.1 Å². The lowest BCUT2D eigenvalue weighted by Gasteiger charge is -2.15. The second kappa shape index (κ2) is 11.9. The average molecular weight is 716 g/mol. The van der Waals surface area contributed by atoms with Crippen LogP contribution in [-0.4, -0.2) is 23.3 Å². The summed E-state index contributed by atoms with van der Waals surface area (Å²) in [7, 11) is 0. The molecular formula is C51H33N5. The normalized spacial score (nSPS) is 11.9. The summed E-state index contributed by atoms with van der Waals surface area (Å²) < 4.78 is 9.34. The Kier molecular flexibility index (Phi) is 6.56. The maximum absolute atomic E-state index is 5.48. The van der Waals surface area contributed by atoms with Gasteiger partial charge >= 0.3 is 0 Å². The van der Waals surface area contributed by atoms with E-state index in [1.54, 1.807) is 0 Å². The van der Waals surface area contributed by atoms with Gasteiger partial charge in [0.05, 0.1) is 44.5 Å². The molecule has 0 fully saturated rings. The predicted octanol–water partition coefficient (Wildman–Crippen LogP) is 12.8. The SMILES string of the molecule is c1ccc(-c2cc(-n3c4ccccc4c4cc5c(ccn5-c5ccccc5)cc43)cc(-n3c4ccccc4c4cc5c(ccn5-c5ccccc5)cc43)n2)cc1. The summed E-state index contributed by atoms with van der Waals surface area (Å²) in [5, 5.41) is 7.19. The molecular weight excluding hydrogens is 683 g/mol. The maximum atomic E-state index is 5.48. The van der Waals surface area contributed by atoms with E-state index < -0.39 is 0 Å². The van der Waals surface area contributed by atoms with Crippen LogP contribution in [0.15, 0.2) is 200 Å². The minimum absolute atomic E-state index is 0.872. The molecule has 7 aromatic carbocycles. The van der Waals surface area contributed by atoms with Crippen LogP contribution < -0.4 is 0 Å². The van der Waals surface area contributed by atoms with Crippen molar-refractivity contribution in [1.82, 2.24) is 23.3 Å². The molecule has 5 heterocycles. The molecule has 262 valence electrons. The van der Waals surface area contributed by atoms with Crippen LogP contribution in [0.4, 0.5) is 0 Å². The van der Waals surface area contributed by atoms with Gasteiger partial charge in [0.1, 0.15) is 5.82 Å². The Bertz CT molecular complexity index is 3250. The molecule has 5 heteroatoms. The van der Waals surface area contributed by atoms with Crippen molar-refractivity contribution in [2.45, 2.75) is 0 Å². The Labute approximate surface area is 322 Å². The lowest BCUT2D eigenvalue weighted by Crippen LogP contribution is -2.03. The van der Waals surface area contributed by atoms with E-state index in [0.29, 0.717) is 0 Å². The zero-order chi connectivity index (χ0) is 36.7. The Hall–Kier alpha value is -7.63. The fraction of sp³-hybridized carbons (Fsp3) is 0. The molecule has 0 unspecified atom stereocenters. The van der Waals surface area contributed by atoms with Crippen LogP contribution in [0.5, 0.6) is 0 Å². The van der Waals surface area contributed by atoms with E-state index in [1.165, 1.54) is 43.4 Å². The monoisotopic (exact) mass is 715 g/mol. The van der Waals surface area contributed by atoms with E-state index in [-0.39, 0.29) is 0 Å². The summed E-state index contributed by atoms with van der Waals surface area (Å²) in [5.41, 5.74) is 12.3. The van der Waals surface area contributed by atoms with Gasteiger partial charge in [0.25, 0.3) is 0 Å². The fourth-order valence-corrected chi connectivity index (χ4v) is 8.85. The van der Waals surface area contributed by atoms with Crippen LogP contribution in [0.1, 0.15) is 0 Å². The molecule has 0 amide bonds. The van der Waals surface area contributed by atoms with Crippen LogP contribution in [0.25, 0.3) is 99.6 Å². The van der Waals surface area contributed by atoms with E-state index in [4.69, 9.17) is 4.98 Å². The molecule has 0 saturated carbocycles. The molecule has 12 aromatic rings. The number of fused-ring (bicyclic) bond motifs is 8. The highest BCUT2D eigenvalue weighted by atomic mass is 15.1. The number of rotatable bonds is 5. The molecule has 0 bridgehead atoms. The number of para-hydroxylation sites is 4. The third-order valence-electron chi connectivity index (χ3n) is 11.4. The first-order chi connectivity index (χ1) is 27.8. The summed E-state index contributed by atoms with van der Waals surface area (Å²) in [5.74, 6) is 0.872. The Balaban J connectivity index is 1.14. The number of hydrogen-bond donors (Lipinski definition) is 0. The van der Waals surface area contributed by atoms with Gasteiger partial charge < -0.3 is 13.7 Å². The lowest BCUT2D eigenvalue weighted by molar-refractivity contribution is 1.06. The molecule has 5 nitrogen and oxygen atoms in total. The minimum Gasteiger partial charge on any atom is -0.317 e. The molecule has 0 aliphatic heterocycles. The summed E-state index contributed by atoms with van der Waals surface area (Å²) in [6.07, 6.45) is 4.35. The zero-order valence-corrected chi connectivity index (χ0v) is 30.3. The van der Waals surface area contributed by atoms with Crippen LogP contribution >= 0.6 is 0 Å². The second-order valence-electron chi connectivity index (χ2n) is 14.5. The third kappa shape index (κ3) is 4.58. The van der Waals surface area contributed by atoms with E-state index in [0.717, 1.165) is 56.2 Å². The van der Waals surface area contributed by atoms with Crippen molar-refractivity contribution in [3.63, 3.8) is 0 Å². The van der Waals surface area contributed by atoms with Crippen molar-refractivity contribution >= 4 is 65.4 Å².